The van der Waals surface area contributed by atoms with E-state index in [-0.39, 0.29) is 17.1 Å². The Balaban J connectivity index is 3.06. The molecule has 1 aromatic rings. The lowest BCUT2D eigenvalue weighted by Gasteiger charge is -2.26. The van der Waals surface area contributed by atoms with Crippen molar-refractivity contribution in [1.29, 1.82) is 0 Å². The zero-order chi connectivity index (χ0) is 22.0. The number of benzene rings is 1. The average Bonchev–Trinajstić information content (AvgIpc) is 2.67. The Morgan fingerprint density at radius 3 is 2.31 bits per heavy atom. The van der Waals surface area contributed by atoms with Crippen LogP contribution >= 0.6 is 23.2 Å². The van der Waals surface area contributed by atoms with Gasteiger partial charge in [-0.25, -0.2) is 17.6 Å². The van der Waals surface area contributed by atoms with Gasteiger partial charge in [-0.2, -0.15) is 0 Å². The summed E-state index contributed by atoms with van der Waals surface area (Å²) in [6, 6.07) is 3.93. The summed E-state index contributed by atoms with van der Waals surface area (Å²) in [5.41, 5.74) is 0.240. The Hall–Kier alpha value is -1.62. The van der Waals surface area contributed by atoms with E-state index in [0.29, 0.717) is 13.1 Å². The number of nitrogens with one attached hydrogen (secondary N) is 2. The van der Waals surface area contributed by atoms with E-state index >= 15 is 0 Å². The second-order valence-corrected chi connectivity index (χ2v) is 9.01. The number of halogens is 3. The standard InChI is InChI=1S/C17H23Cl2FN2O6S/c1-3-21-8-9-27-17(24)28-14(13(10-20)22-16(23)15(18)19)11-4-6-12(7-5-11)29(2,25)26/h4-7,13-15,21H,3,8-10H2,1-2H3,(H,22,23). The number of sulfone groups is 1. The molecule has 0 fully saturated rings. The highest BCUT2D eigenvalue weighted by atomic mass is 35.5. The van der Waals surface area contributed by atoms with Crippen LogP contribution in [0.3, 0.4) is 0 Å². The molecule has 0 radical (unpaired) electrons. The van der Waals surface area contributed by atoms with Gasteiger partial charge in [-0.15, -0.1) is 0 Å². The Kier molecular flexibility index (Phi) is 10.7. The smallest absolute Gasteiger partial charge is 0.433 e. The molecule has 2 atom stereocenters. The highest BCUT2D eigenvalue weighted by molar-refractivity contribution is 7.90. The van der Waals surface area contributed by atoms with Gasteiger partial charge in [-0.1, -0.05) is 42.3 Å². The number of carbonyl (C=O) groups is 2. The van der Waals surface area contributed by atoms with Crippen molar-refractivity contribution in [2.24, 2.45) is 0 Å². The minimum Gasteiger partial charge on any atom is -0.433 e. The molecule has 12 heteroatoms. The predicted octanol–water partition coefficient (Wildman–Crippen LogP) is 2.15. The van der Waals surface area contributed by atoms with Crippen LogP contribution in [0.2, 0.25) is 0 Å². The fraction of sp³-hybridized carbons (Fsp3) is 0.529. The van der Waals surface area contributed by atoms with Crippen LogP contribution in [0.1, 0.15) is 18.6 Å². The molecule has 164 valence electrons. The summed E-state index contributed by atoms with van der Waals surface area (Å²) in [6.45, 7) is 1.86. The molecular weight excluding hydrogens is 450 g/mol. The van der Waals surface area contributed by atoms with Gasteiger partial charge >= 0.3 is 6.16 Å². The van der Waals surface area contributed by atoms with Gasteiger partial charge in [0.15, 0.2) is 20.8 Å². The van der Waals surface area contributed by atoms with Gasteiger partial charge in [-0.3, -0.25) is 4.79 Å². The van der Waals surface area contributed by atoms with Crippen molar-refractivity contribution in [3.8, 4) is 0 Å². The van der Waals surface area contributed by atoms with Crippen molar-refractivity contribution in [2.75, 3.05) is 32.6 Å². The van der Waals surface area contributed by atoms with Crippen molar-refractivity contribution in [2.45, 2.75) is 28.8 Å². The van der Waals surface area contributed by atoms with Crippen molar-refractivity contribution < 1.29 is 31.9 Å². The van der Waals surface area contributed by atoms with Crippen LogP contribution in [0.25, 0.3) is 0 Å². The van der Waals surface area contributed by atoms with Gasteiger partial charge in [0.05, 0.1) is 10.9 Å². The zero-order valence-electron chi connectivity index (χ0n) is 15.9. The average molecular weight is 473 g/mol. The van der Waals surface area contributed by atoms with Crippen LogP contribution in [-0.2, 0) is 24.1 Å². The molecule has 0 aliphatic rings. The number of alkyl halides is 3. The number of hydrogen-bond donors (Lipinski definition) is 2. The summed E-state index contributed by atoms with van der Waals surface area (Å²) >= 11 is 11.0. The van der Waals surface area contributed by atoms with Gasteiger partial charge in [-0.05, 0) is 24.2 Å². The molecule has 2 N–H and O–H groups in total. The number of likely N-dealkylation sites (N-methyl/N-ethyl adjacent to an activating group) is 1. The topological polar surface area (TPSA) is 111 Å². The van der Waals surface area contributed by atoms with Crippen molar-refractivity contribution in [1.82, 2.24) is 10.6 Å². The molecular formula is C17H23Cl2FN2O6S. The Morgan fingerprint density at radius 1 is 1.21 bits per heavy atom. The van der Waals surface area contributed by atoms with Gasteiger partial charge in [0, 0.05) is 12.8 Å². The monoisotopic (exact) mass is 472 g/mol. The van der Waals surface area contributed by atoms with Crippen LogP contribution in [0.15, 0.2) is 29.2 Å². The largest absolute Gasteiger partial charge is 0.509 e. The summed E-state index contributed by atoms with van der Waals surface area (Å²) in [4.78, 5) is 22.3. The highest BCUT2D eigenvalue weighted by Crippen LogP contribution is 2.25. The number of amides is 1. The van der Waals surface area contributed by atoms with Crippen LogP contribution in [0.4, 0.5) is 9.18 Å². The van der Waals surface area contributed by atoms with Crippen LogP contribution in [0.5, 0.6) is 0 Å². The van der Waals surface area contributed by atoms with Crippen molar-refractivity contribution >= 4 is 45.1 Å². The first-order valence-electron chi connectivity index (χ1n) is 8.58. The molecule has 0 heterocycles. The third kappa shape index (κ3) is 8.73. The van der Waals surface area contributed by atoms with Crippen LogP contribution in [0, 0.1) is 0 Å². The molecule has 1 amide bonds. The first-order valence-corrected chi connectivity index (χ1v) is 11.3. The number of ether oxygens (including phenoxy) is 2. The maximum absolute atomic E-state index is 13.6. The number of carbonyl (C=O) groups excluding carboxylic acids is 2. The third-order valence-corrected chi connectivity index (χ3v) is 5.19. The third-order valence-electron chi connectivity index (χ3n) is 3.67. The summed E-state index contributed by atoms with van der Waals surface area (Å²) in [5, 5.41) is 5.20. The second-order valence-electron chi connectivity index (χ2n) is 5.90. The molecule has 1 aromatic carbocycles. The lowest BCUT2D eigenvalue weighted by atomic mass is 10.0. The van der Waals surface area contributed by atoms with E-state index in [1.165, 1.54) is 24.3 Å². The zero-order valence-corrected chi connectivity index (χ0v) is 18.2. The van der Waals surface area contributed by atoms with Crippen LogP contribution < -0.4 is 10.6 Å². The minimum atomic E-state index is -3.46. The number of rotatable bonds is 11. The highest BCUT2D eigenvalue weighted by Gasteiger charge is 2.31. The van der Waals surface area contributed by atoms with Crippen molar-refractivity contribution in [3.05, 3.63) is 29.8 Å². The quantitative estimate of drug-likeness (QED) is 0.288. The van der Waals surface area contributed by atoms with E-state index in [4.69, 9.17) is 32.7 Å². The van der Waals surface area contributed by atoms with Crippen molar-refractivity contribution in [3.63, 3.8) is 0 Å². The summed E-state index contributed by atoms with van der Waals surface area (Å²) in [6.07, 6.45) is -1.36. The van der Waals surface area contributed by atoms with E-state index in [0.717, 1.165) is 6.26 Å². The molecule has 0 bridgehead atoms. The molecule has 0 saturated carbocycles. The van der Waals surface area contributed by atoms with E-state index in [1.54, 1.807) is 0 Å². The normalized spacial score (nSPS) is 13.6. The molecule has 1 rings (SSSR count). The molecule has 2 unspecified atom stereocenters. The first kappa shape index (κ1) is 25.4. The Labute approximate surface area is 178 Å². The molecule has 0 aliphatic heterocycles. The molecule has 0 saturated heterocycles. The fourth-order valence-corrected chi connectivity index (χ4v) is 3.01. The molecule has 29 heavy (non-hydrogen) atoms. The summed E-state index contributed by atoms with van der Waals surface area (Å²) < 4.78 is 47.0. The maximum atomic E-state index is 13.6. The lowest BCUT2D eigenvalue weighted by Crippen LogP contribution is -2.44. The van der Waals surface area contributed by atoms with Gasteiger partial charge < -0.3 is 20.1 Å². The van der Waals surface area contributed by atoms with Gasteiger partial charge in [0.2, 0.25) is 0 Å². The minimum absolute atomic E-state index is 0.0183. The van der Waals surface area contributed by atoms with E-state index in [1.807, 2.05) is 6.92 Å². The van der Waals surface area contributed by atoms with Gasteiger partial charge in [0.1, 0.15) is 13.3 Å². The molecule has 8 nitrogen and oxygen atoms in total. The fourth-order valence-electron chi connectivity index (χ4n) is 2.25. The lowest BCUT2D eigenvalue weighted by molar-refractivity contribution is -0.121. The Bertz CT molecular complexity index is 777. The number of hydrogen-bond acceptors (Lipinski definition) is 7. The first-order chi connectivity index (χ1) is 13.6. The maximum Gasteiger partial charge on any atom is 0.509 e. The van der Waals surface area contributed by atoms with E-state index in [2.05, 4.69) is 10.6 Å². The SMILES string of the molecule is CCNCCOC(=O)OC(c1ccc(S(C)(=O)=O)cc1)C(CF)NC(=O)C(Cl)Cl. The molecule has 0 aliphatic carbocycles. The van der Waals surface area contributed by atoms with E-state index < -0.39 is 45.6 Å². The Morgan fingerprint density at radius 2 is 1.83 bits per heavy atom. The van der Waals surface area contributed by atoms with Crippen LogP contribution in [-0.4, -0.2) is 64.0 Å². The summed E-state index contributed by atoms with van der Waals surface area (Å²) in [5.74, 6) is -0.877. The molecule has 0 spiro atoms. The van der Waals surface area contributed by atoms with E-state index in [9.17, 15) is 22.4 Å². The van der Waals surface area contributed by atoms with Gasteiger partial charge in [0.25, 0.3) is 5.91 Å². The predicted molar refractivity (Wildman–Crippen MR) is 107 cm³/mol. The second kappa shape index (κ2) is 12.2. The molecule has 0 aromatic heterocycles. The summed E-state index contributed by atoms with van der Waals surface area (Å²) in [7, 11) is -3.46.